The summed E-state index contributed by atoms with van der Waals surface area (Å²) in [6.07, 6.45) is 2.04. The molecule has 0 aromatic carbocycles. The van der Waals surface area contributed by atoms with E-state index in [0.29, 0.717) is 23.9 Å². The molecule has 18 heavy (non-hydrogen) atoms. The smallest absolute Gasteiger partial charge is 0.244 e. The fraction of sp³-hybridized carbons (Fsp3) is 0.667. The molecular weight excluding hydrogens is 268 g/mol. The van der Waals surface area contributed by atoms with E-state index in [9.17, 15) is 8.42 Å². The van der Waals surface area contributed by atoms with E-state index in [1.807, 2.05) is 6.92 Å². The predicted molar refractivity (Wildman–Crippen MR) is 74.0 cm³/mol. The number of nitrogens with zero attached hydrogens (tertiary/aromatic N) is 1. The van der Waals surface area contributed by atoms with E-state index in [1.165, 1.54) is 11.3 Å². The van der Waals surface area contributed by atoms with Gasteiger partial charge >= 0.3 is 0 Å². The molecule has 4 nitrogen and oxygen atoms in total. The topological polar surface area (TPSA) is 63.4 Å². The zero-order chi connectivity index (χ0) is 13.3. The van der Waals surface area contributed by atoms with Crippen LogP contribution < -0.4 is 5.73 Å². The molecule has 1 aliphatic heterocycles. The van der Waals surface area contributed by atoms with Crippen molar-refractivity contribution in [1.82, 2.24) is 4.31 Å². The fourth-order valence-corrected chi connectivity index (χ4v) is 5.25. The molecule has 0 saturated carbocycles. The molecule has 2 N–H and O–H groups in total. The first-order valence-electron chi connectivity index (χ1n) is 6.24. The molecule has 1 saturated heterocycles. The van der Waals surface area contributed by atoms with Crippen molar-refractivity contribution in [3.63, 3.8) is 0 Å². The van der Waals surface area contributed by atoms with Gasteiger partial charge in [-0.2, -0.15) is 4.31 Å². The zero-order valence-electron chi connectivity index (χ0n) is 10.8. The first kappa shape index (κ1) is 14.0. The highest BCUT2D eigenvalue weighted by molar-refractivity contribution is 7.89. The minimum atomic E-state index is -3.35. The zero-order valence-corrected chi connectivity index (χ0v) is 12.4. The molecule has 2 heterocycles. The number of piperidine rings is 1. The Morgan fingerprint density at radius 1 is 1.44 bits per heavy atom. The van der Waals surface area contributed by atoms with Crippen molar-refractivity contribution in [2.24, 2.45) is 11.7 Å². The first-order valence-corrected chi connectivity index (χ1v) is 8.56. The normalized spacial score (nSPS) is 26.4. The number of hydrogen-bond donors (Lipinski definition) is 1. The lowest BCUT2D eigenvalue weighted by atomic mass is 9.97. The van der Waals surface area contributed by atoms with Crippen LogP contribution in [0, 0.1) is 5.92 Å². The Hall–Kier alpha value is -0.430. The molecule has 0 bridgehead atoms. The lowest BCUT2D eigenvalue weighted by Gasteiger charge is -2.35. The quantitative estimate of drug-likeness (QED) is 0.925. The van der Waals surface area contributed by atoms with Crippen LogP contribution in [0.15, 0.2) is 16.3 Å². The first-order chi connectivity index (χ1) is 8.45. The minimum Gasteiger partial charge on any atom is -0.326 e. The molecule has 0 radical (unpaired) electrons. The second-order valence-electron chi connectivity index (χ2n) is 5.06. The maximum absolute atomic E-state index is 12.6. The van der Waals surface area contributed by atoms with Crippen molar-refractivity contribution >= 4 is 21.4 Å². The van der Waals surface area contributed by atoms with Crippen LogP contribution in [0.3, 0.4) is 0 Å². The molecule has 2 unspecified atom stereocenters. The van der Waals surface area contributed by atoms with Crippen LogP contribution in [-0.4, -0.2) is 25.3 Å². The largest absolute Gasteiger partial charge is 0.326 e. The Kier molecular flexibility index (Phi) is 4.11. The minimum absolute atomic E-state index is 0.0902. The van der Waals surface area contributed by atoms with Crippen molar-refractivity contribution in [1.29, 1.82) is 0 Å². The van der Waals surface area contributed by atoms with Crippen molar-refractivity contribution in [3.05, 3.63) is 16.3 Å². The number of sulfonamides is 1. The van der Waals surface area contributed by atoms with Gasteiger partial charge in [0.1, 0.15) is 0 Å². The van der Waals surface area contributed by atoms with Crippen molar-refractivity contribution in [2.45, 2.75) is 44.2 Å². The molecule has 0 amide bonds. The Balaban J connectivity index is 2.29. The lowest BCUT2D eigenvalue weighted by molar-refractivity contribution is 0.218. The summed E-state index contributed by atoms with van der Waals surface area (Å²) in [5.41, 5.74) is 5.54. The van der Waals surface area contributed by atoms with Gasteiger partial charge in [0.15, 0.2) is 0 Å². The number of rotatable bonds is 3. The van der Waals surface area contributed by atoms with Gasteiger partial charge < -0.3 is 5.73 Å². The lowest BCUT2D eigenvalue weighted by Crippen LogP contribution is -2.44. The molecule has 102 valence electrons. The third-order valence-electron chi connectivity index (χ3n) is 3.50. The second-order valence-corrected chi connectivity index (χ2v) is 7.95. The number of thiophene rings is 1. The van der Waals surface area contributed by atoms with E-state index >= 15 is 0 Å². The summed E-state index contributed by atoms with van der Waals surface area (Å²) in [6.45, 7) is 5.11. The van der Waals surface area contributed by atoms with E-state index < -0.39 is 10.0 Å². The van der Waals surface area contributed by atoms with Gasteiger partial charge in [-0.1, -0.05) is 6.92 Å². The van der Waals surface area contributed by atoms with Crippen LogP contribution >= 0.6 is 11.3 Å². The monoisotopic (exact) mass is 288 g/mol. The van der Waals surface area contributed by atoms with E-state index in [1.54, 1.807) is 15.8 Å². The highest BCUT2D eigenvalue weighted by Gasteiger charge is 2.33. The number of hydrogen-bond acceptors (Lipinski definition) is 4. The second kappa shape index (κ2) is 5.28. The highest BCUT2D eigenvalue weighted by Crippen LogP contribution is 2.29. The molecule has 1 aromatic rings. The van der Waals surface area contributed by atoms with Gasteiger partial charge in [0, 0.05) is 29.4 Å². The van der Waals surface area contributed by atoms with Crippen LogP contribution in [0.5, 0.6) is 0 Å². The maximum atomic E-state index is 12.6. The Morgan fingerprint density at radius 2 is 2.17 bits per heavy atom. The van der Waals surface area contributed by atoms with Crippen LogP contribution in [0.4, 0.5) is 0 Å². The summed E-state index contributed by atoms with van der Waals surface area (Å²) in [5, 5.41) is 1.70. The predicted octanol–water partition coefficient (Wildman–Crippen LogP) is 2.02. The summed E-state index contributed by atoms with van der Waals surface area (Å²) >= 11 is 1.41. The maximum Gasteiger partial charge on any atom is 0.244 e. The average molecular weight is 288 g/mol. The van der Waals surface area contributed by atoms with Gasteiger partial charge in [-0.3, -0.25) is 0 Å². The van der Waals surface area contributed by atoms with Gasteiger partial charge in [-0.25, -0.2) is 8.42 Å². The molecule has 1 fully saturated rings. The molecule has 1 aliphatic rings. The van der Waals surface area contributed by atoms with Gasteiger partial charge in [-0.15, -0.1) is 11.3 Å². The Bertz CT molecular complexity index is 510. The molecule has 0 spiro atoms. The summed E-state index contributed by atoms with van der Waals surface area (Å²) in [5.74, 6) is 0.434. The molecule has 0 aliphatic carbocycles. The van der Waals surface area contributed by atoms with Crippen molar-refractivity contribution in [3.8, 4) is 0 Å². The van der Waals surface area contributed by atoms with Crippen LogP contribution in [0.25, 0.3) is 0 Å². The molecule has 6 heteroatoms. The Labute approximate surface area is 113 Å². The number of nitrogens with two attached hydrogens (primary N) is 1. The average Bonchev–Trinajstić information content (AvgIpc) is 2.81. The SMILES string of the molecule is CC1CCC(C)N(S(=O)(=O)c2csc(CN)c2)C1. The molecule has 2 rings (SSSR count). The van der Waals surface area contributed by atoms with Crippen molar-refractivity contribution in [2.75, 3.05) is 6.54 Å². The van der Waals surface area contributed by atoms with Gasteiger partial charge in [0.25, 0.3) is 0 Å². The summed E-state index contributed by atoms with van der Waals surface area (Å²) in [4.78, 5) is 1.31. The third-order valence-corrected chi connectivity index (χ3v) is 6.56. The molecule has 1 aromatic heterocycles. The van der Waals surface area contributed by atoms with E-state index in [2.05, 4.69) is 6.92 Å². The van der Waals surface area contributed by atoms with Crippen LogP contribution in [0.1, 0.15) is 31.6 Å². The molecule has 2 atom stereocenters. The van der Waals surface area contributed by atoms with Gasteiger partial charge in [0.2, 0.25) is 10.0 Å². The molecular formula is C12H20N2O2S2. The summed E-state index contributed by atoms with van der Waals surface area (Å²) < 4.78 is 26.8. The van der Waals surface area contributed by atoms with Gasteiger partial charge in [0.05, 0.1) is 4.90 Å². The summed E-state index contributed by atoms with van der Waals surface area (Å²) in [6, 6.07) is 1.79. The van der Waals surface area contributed by atoms with Crippen LogP contribution in [0.2, 0.25) is 0 Å². The van der Waals surface area contributed by atoms with E-state index in [0.717, 1.165) is 17.7 Å². The Morgan fingerprint density at radius 3 is 2.78 bits per heavy atom. The van der Waals surface area contributed by atoms with E-state index in [-0.39, 0.29) is 6.04 Å². The highest BCUT2D eigenvalue weighted by atomic mass is 32.2. The third kappa shape index (κ3) is 2.61. The van der Waals surface area contributed by atoms with Gasteiger partial charge in [-0.05, 0) is 31.7 Å². The summed E-state index contributed by atoms with van der Waals surface area (Å²) in [7, 11) is -3.35. The van der Waals surface area contributed by atoms with Crippen LogP contribution in [-0.2, 0) is 16.6 Å². The standard InChI is InChI=1S/C12H20N2O2S2/c1-9-3-4-10(2)14(7-9)18(15,16)12-5-11(6-13)17-8-12/h5,8-10H,3-4,6-7,13H2,1-2H3. The fourth-order valence-electron chi connectivity index (χ4n) is 2.32. The van der Waals surface area contributed by atoms with Crippen molar-refractivity contribution < 1.29 is 8.42 Å². The van der Waals surface area contributed by atoms with E-state index in [4.69, 9.17) is 5.73 Å².